The molecule has 0 bridgehead atoms. The Morgan fingerprint density at radius 2 is 1.80 bits per heavy atom. The lowest BCUT2D eigenvalue weighted by atomic mass is 10.0. The van der Waals surface area contributed by atoms with Gasteiger partial charge in [-0.3, -0.25) is 4.90 Å². The van der Waals surface area contributed by atoms with Crippen LogP contribution in [-0.4, -0.2) is 36.3 Å². The lowest BCUT2D eigenvalue weighted by Gasteiger charge is -2.29. The summed E-state index contributed by atoms with van der Waals surface area (Å²) in [6, 6.07) is 12.8. The molecule has 0 unspecified atom stereocenters. The van der Waals surface area contributed by atoms with Gasteiger partial charge < -0.3 is 9.84 Å². The molecule has 1 aliphatic rings. The minimum atomic E-state index is -0.102. The highest BCUT2D eigenvalue weighted by molar-refractivity contribution is 5.84. The van der Waals surface area contributed by atoms with Crippen molar-refractivity contribution in [1.29, 1.82) is 0 Å². The minimum Gasteiger partial charge on any atom is -0.497 e. The Hall–Kier alpha value is -1.58. The van der Waals surface area contributed by atoms with Crippen molar-refractivity contribution in [2.24, 2.45) is 0 Å². The first kappa shape index (κ1) is 13.4. The molecule has 106 valence electrons. The van der Waals surface area contributed by atoms with Crippen molar-refractivity contribution >= 4 is 10.8 Å². The zero-order valence-electron chi connectivity index (χ0n) is 11.9. The van der Waals surface area contributed by atoms with E-state index in [0.29, 0.717) is 0 Å². The number of methoxy groups -OCH3 is 1. The summed E-state index contributed by atoms with van der Waals surface area (Å²) in [5, 5.41) is 12.0. The van der Waals surface area contributed by atoms with Gasteiger partial charge in [0.2, 0.25) is 0 Å². The molecule has 2 aromatic carbocycles. The van der Waals surface area contributed by atoms with Crippen LogP contribution in [0.2, 0.25) is 0 Å². The van der Waals surface area contributed by atoms with Crippen LogP contribution in [0.1, 0.15) is 18.4 Å². The maximum Gasteiger partial charge on any atom is 0.119 e. The third kappa shape index (κ3) is 2.94. The Morgan fingerprint density at radius 3 is 2.55 bits per heavy atom. The molecule has 0 saturated carbocycles. The van der Waals surface area contributed by atoms with Crippen LogP contribution in [-0.2, 0) is 6.54 Å². The van der Waals surface area contributed by atoms with Crippen molar-refractivity contribution in [2.75, 3.05) is 20.2 Å². The van der Waals surface area contributed by atoms with E-state index >= 15 is 0 Å². The van der Waals surface area contributed by atoms with Gasteiger partial charge in [0, 0.05) is 19.6 Å². The van der Waals surface area contributed by atoms with Crippen LogP contribution in [0, 0.1) is 0 Å². The van der Waals surface area contributed by atoms with Gasteiger partial charge in [-0.25, -0.2) is 0 Å². The van der Waals surface area contributed by atoms with E-state index in [9.17, 15) is 5.11 Å². The van der Waals surface area contributed by atoms with Crippen molar-refractivity contribution < 1.29 is 9.84 Å². The number of rotatable bonds is 3. The summed E-state index contributed by atoms with van der Waals surface area (Å²) in [7, 11) is 1.69. The Labute approximate surface area is 119 Å². The van der Waals surface area contributed by atoms with Crippen molar-refractivity contribution in [1.82, 2.24) is 4.90 Å². The standard InChI is InChI=1S/C17H21NO2/c1-20-17-5-4-14-10-13(2-3-15(14)11-17)12-18-8-6-16(19)7-9-18/h2-5,10-11,16,19H,6-9,12H2,1H3. The molecule has 1 heterocycles. The highest BCUT2D eigenvalue weighted by Crippen LogP contribution is 2.23. The van der Waals surface area contributed by atoms with Gasteiger partial charge in [0.25, 0.3) is 0 Å². The minimum absolute atomic E-state index is 0.102. The van der Waals surface area contributed by atoms with E-state index in [2.05, 4.69) is 35.2 Å². The molecule has 3 nitrogen and oxygen atoms in total. The molecule has 0 radical (unpaired) electrons. The Bertz CT molecular complexity index is 589. The highest BCUT2D eigenvalue weighted by atomic mass is 16.5. The molecule has 1 saturated heterocycles. The lowest BCUT2D eigenvalue weighted by molar-refractivity contribution is 0.0792. The second-order valence-corrected chi connectivity index (χ2v) is 5.55. The summed E-state index contributed by atoms with van der Waals surface area (Å²) in [5.74, 6) is 0.898. The van der Waals surface area contributed by atoms with Crippen molar-refractivity contribution in [2.45, 2.75) is 25.5 Å². The molecule has 1 aliphatic heterocycles. The molecule has 0 aromatic heterocycles. The SMILES string of the molecule is COc1ccc2cc(CN3CCC(O)CC3)ccc2c1. The Balaban J connectivity index is 1.75. The molecular weight excluding hydrogens is 250 g/mol. The maximum atomic E-state index is 9.55. The Kier molecular flexibility index (Phi) is 3.90. The number of likely N-dealkylation sites (tertiary alicyclic amines) is 1. The molecule has 3 heteroatoms. The molecule has 0 atom stereocenters. The first-order valence-electron chi connectivity index (χ1n) is 7.22. The number of nitrogens with zero attached hydrogens (tertiary/aromatic N) is 1. The number of aliphatic hydroxyl groups is 1. The molecule has 1 N–H and O–H groups in total. The zero-order valence-corrected chi connectivity index (χ0v) is 11.9. The quantitative estimate of drug-likeness (QED) is 0.931. The number of piperidine rings is 1. The third-order valence-corrected chi connectivity index (χ3v) is 4.08. The number of ether oxygens (including phenoxy) is 1. The first-order chi connectivity index (χ1) is 9.74. The second-order valence-electron chi connectivity index (χ2n) is 5.55. The molecule has 2 aromatic rings. The van der Waals surface area contributed by atoms with Crippen LogP contribution < -0.4 is 4.74 Å². The highest BCUT2D eigenvalue weighted by Gasteiger charge is 2.16. The first-order valence-corrected chi connectivity index (χ1v) is 7.22. The maximum absolute atomic E-state index is 9.55. The molecular formula is C17H21NO2. The smallest absolute Gasteiger partial charge is 0.119 e. The van der Waals surface area contributed by atoms with Gasteiger partial charge in [-0.05, 0) is 47.4 Å². The number of hydrogen-bond acceptors (Lipinski definition) is 3. The fourth-order valence-corrected chi connectivity index (χ4v) is 2.83. The Morgan fingerprint density at radius 1 is 1.10 bits per heavy atom. The summed E-state index contributed by atoms with van der Waals surface area (Å²) in [5.41, 5.74) is 1.33. The van der Waals surface area contributed by atoms with Crippen LogP contribution in [0.4, 0.5) is 0 Å². The van der Waals surface area contributed by atoms with E-state index in [1.54, 1.807) is 7.11 Å². The van der Waals surface area contributed by atoms with Gasteiger partial charge in [-0.1, -0.05) is 18.2 Å². The van der Waals surface area contributed by atoms with E-state index in [0.717, 1.165) is 38.2 Å². The van der Waals surface area contributed by atoms with Crippen molar-refractivity contribution in [3.63, 3.8) is 0 Å². The predicted molar refractivity (Wildman–Crippen MR) is 81.0 cm³/mol. The number of fused-ring (bicyclic) bond motifs is 1. The molecule has 20 heavy (non-hydrogen) atoms. The second kappa shape index (κ2) is 5.81. The fraction of sp³-hybridized carbons (Fsp3) is 0.412. The monoisotopic (exact) mass is 271 g/mol. The van der Waals surface area contributed by atoms with Crippen molar-refractivity contribution in [3.05, 3.63) is 42.0 Å². The van der Waals surface area contributed by atoms with Crippen LogP contribution in [0.5, 0.6) is 5.75 Å². The molecule has 1 fully saturated rings. The number of aliphatic hydroxyl groups excluding tert-OH is 1. The summed E-state index contributed by atoms with van der Waals surface area (Å²) in [4.78, 5) is 2.41. The third-order valence-electron chi connectivity index (χ3n) is 4.08. The number of benzene rings is 2. The van der Waals surface area contributed by atoms with E-state index in [1.807, 2.05) is 6.07 Å². The van der Waals surface area contributed by atoms with Gasteiger partial charge in [0.05, 0.1) is 13.2 Å². The summed E-state index contributed by atoms with van der Waals surface area (Å²) >= 11 is 0. The average Bonchev–Trinajstić information content (AvgIpc) is 2.49. The zero-order chi connectivity index (χ0) is 13.9. The van der Waals surface area contributed by atoms with E-state index in [1.165, 1.54) is 16.3 Å². The lowest BCUT2D eigenvalue weighted by Crippen LogP contribution is -2.35. The summed E-state index contributed by atoms with van der Waals surface area (Å²) in [6.07, 6.45) is 1.69. The molecule has 0 amide bonds. The van der Waals surface area contributed by atoms with E-state index in [4.69, 9.17) is 4.74 Å². The van der Waals surface area contributed by atoms with Crippen LogP contribution in [0.3, 0.4) is 0 Å². The molecule has 0 aliphatic carbocycles. The summed E-state index contributed by atoms with van der Waals surface area (Å²) in [6.45, 7) is 2.94. The van der Waals surface area contributed by atoms with Crippen LogP contribution in [0.15, 0.2) is 36.4 Å². The molecule has 0 spiro atoms. The van der Waals surface area contributed by atoms with Gasteiger partial charge in [-0.15, -0.1) is 0 Å². The fourth-order valence-electron chi connectivity index (χ4n) is 2.83. The topological polar surface area (TPSA) is 32.7 Å². The summed E-state index contributed by atoms with van der Waals surface area (Å²) < 4.78 is 5.25. The van der Waals surface area contributed by atoms with Crippen LogP contribution in [0.25, 0.3) is 10.8 Å². The largest absolute Gasteiger partial charge is 0.497 e. The number of hydrogen-bond donors (Lipinski definition) is 1. The molecule has 3 rings (SSSR count). The van der Waals surface area contributed by atoms with Gasteiger partial charge >= 0.3 is 0 Å². The average molecular weight is 271 g/mol. The normalized spacial score (nSPS) is 17.5. The van der Waals surface area contributed by atoms with Crippen molar-refractivity contribution in [3.8, 4) is 5.75 Å². The van der Waals surface area contributed by atoms with Gasteiger partial charge in [0.15, 0.2) is 0 Å². The van der Waals surface area contributed by atoms with E-state index < -0.39 is 0 Å². The van der Waals surface area contributed by atoms with E-state index in [-0.39, 0.29) is 6.10 Å². The van der Waals surface area contributed by atoms with Crippen LogP contribution >= 0.6 is 0 Å². The predicted octanol–water partition coefficient (Wildman–Crippen LogP) is 2.81. The van der Waals surface area contributed by atoms with Gasteiger partial charge in [-0.2, -0.15) is 0 Å². The van der Waals surface area contributed by atoms with Gasteiger partial charge in [0.1, 0.15) is 5.75 Å².